The number of carbonyl (C=O) groups excluding carboxylic acids is 1. The number of hydrogen-bond acceptors (Lipinski definition) is 2. The summed E-state index contributed by atoms with van der Waals surface area (Å²) in [5, 5.41) is 2.79. The van der Waals surface area contributed by atoms with Gasteiger partial charge in [0.1, 0.15) is 5.82 Å². The molecule has 0 aromatic carbocycles. The van der Waals surface area contributed by atoms with Crippen LogP contribution in [0, 0.1) is 12.8 Å². The van der Waals surface area contributed by atoms with Crippen LogP contribution in [0.25, 0.3) is 0 Å². The number of nitrogens with one attached hydrogen (secondary N) is 1. The van der Waals surface area contributed by atoms with Crippen LogP contribution in [0.4, 0.5) is 5.82 Å². The SMILES string of the molecule is Cc1cnc2c(c1)CC(C)C(=O)N2. The van der Waals surface area contributed by atoms with Crippen molar-refractivity contribution in [3.8, 4) is 0 Å². The highest BCUT2D eigenvalue weighted by Crippen LogP contribution is 2.23. The number of pyridine rings is 1. The maximum atomic E-state index is 11.3. The van der Waals surface area contributed by atoms with Gasteiger partial charge in [0.15, 0.2) is 0 Å². The molecule has 2 rings (SSSR count). The lowest BCUT2D eigenvalue weighted by Gasteiger charge is -2.20. The van der Waals surface area contributed by atoms with Gasteiger partial charge in [-0.05, 0) is 24.5 Å². The lowest BCUT2D eigenvalue weighted by Crippen LogP contribution is -2.28. The van der Waals surface area contributed by atoms with E-state index in [1.807, 2.05) is 13.8 Å². The molecule has 1 aromatic rings. The number of amides is 1. The molecular formula is C10H12N2O. The third-order valence-corrected chi connectivity index (χ3v) is 2.32. The van der Waals surface area contributed by atoms with Crippen molar-refractivity contribution in [3.05, 3.63) is 23.4 Å². The Morgan fingerprint density at radius 2 is 2.38 bits per heavy atom. The van der Waals surface area contributed by atoms with Crippen LogP contribution < -0.4 is 5.32 Å². The highest BCUT2D eigenvalue weighted by molar-refractivity contribution is 5.94. The van der Waals surface area contributed by atoms with E-state index >= 15 is 0 Å². The van der Waals surface area contributed by atoms with Crippen LogP contribution in [0.2, 0.25) is 0 Å². The van der Waals surface area contributed by atoms with Gasteiger partial charge in [-0.2, -0.15) is 0 Å². The molecule has 0 saturated carbocycles. The summed E-state index contributed by atoms with van der Waals surface area (Å²) < 4.78 is 0. The lowest BCUT2D eigenvalue weighted by atomic mass is 9.96. The molecule has 13 heavy (non-hydrogen) atoms. The average Bonchev–Trinajstić information content (AvgIpc) is 2.08. The van der Waals surface area contributed by atoms with Crippen molar-refractivity contribution in [2.45, 2.75) is 20.3 Å². The summed E-state index contributed by atoms with van der Waals surface area (Å²) in [6.07, 6.45) is 2.57. The number of aryl methyl sites for hydroxylation is 1. The number of fused-ring (bicyclic) bond motifs is 1. The van der Waals surface area contributed by atoms with Crippen molar-refractivity contribution in [2.75, 3.05) is 5.32 Å². The highest BCUT2D eigenvalue weighted by atomic mass is 16.2. The monoisotopic (exact) mass is 176 g/mol. The summed E-state index contributed by atoms with van der Waals surface area (Å²) in [6.45, 7) is 3.94. The Morgan fingerprint density at radius 3 is 3.15 bits per heavy atom. The third kappa shape index (κ3) is 1.41. The molecule has 2 heterocycles. The standard InChI is InChI=1S/C10H12N2O/c1-6-3-8-4-7(2)10(13)12-9(8)11-5-6/h3,5,7H,4H2,1-2H3,(H,11,12,13). The highest BCUT2D eigenvalue weighted by Gasteiger charge is 2.22. The first kappa shape index (κ1) is 8.23. The number of hydrogen-bond donors (Lipinski definition) is 1. The topological polar surface area (TPSA) is 42.0 Å². The molecule has 3 heteroatoms. The molecule has 0 aliphatic carbocycles. The second-order valence-electron chi connectivity index (χ2n) is 3.61. The van der Waals surface area contributed by atoms with Crippen molar-refractivity contribution in [1.82, 2.24) is 4.98 Å². The fraction of sp³-hybridized carbons (Fsp3) is 0.400. The zero-order valence-corrected chi connectivity index (χ0v) is 7.79. The van der Waals surface area contributed by atoms with Crippen molar-refractivity contribution in [2.24, 2.45) is 5.92 Å². The number of nitrogens with zero attached hydrogens (tertiary/aromatic N) is 1. The predicted molar refractivity (Wildman–Crippen MR) is 50.5 cm³/mol. The van der Waals surface area contributed by atoms with Gasteiger partial charge in [0.25, 0.3) is 0 Å². The molecule has 0 saturated heterocycles. The Bertz CT molecular complexity index is 360. The summed E-state index contributed by atoms with van der Waals surface area (Å²) in [6, 6.07) is 2.08. The van der Waals surface area contributed by atoms with E-state index in [4.69, 9.17) is 0 Å². The number of rotatable bonds is 0. The Hall–Kier alpha value is -1.38. The van der Waals surface area contributed by atoms with Crippen LogP contribution in [0.5, 0.6) is 0 Å². The molecule has 0 spiro atoms. The molecule has 3 nitrogen and oxygen atoms in total. The van der Waals surface area contributed by atoms with Crippen molar-refractivity contribution < 1.29 is 4.79 Å². The molecule has 68 valence electrons. The fourth-order valence-corrected chi connectivity index (χ4v) is 1.56. The minimum Gasteiger partial charge on any atom is -0.310 e. The van der Waals surface area contributed by atoms with Gasteiger partial charge < -0.3 is 5.32 Å². The second kappa shape index (κ2) is 2.83. The van der Waals surface area contributed by atoms with Crippen molar-refractivity contribution in [3.63, 3.8) is 0 Å². The summed E-state index contributed by atoms with van der Waals surface area (Å²) in [7, 11) is 0. The molecule has 1 aromatic heterocycles. The maximum Gasteiger partial charge on any atom is 0.228 e. The van der Waals surface area contributed by atoms with Crippen LogP contribution in [-0.4, -0.2) is 10.9 Å². The zero-order valence-electron chi connectivity index (χ0n) is 7.79. The normalized spacial score (nSPS) is 20.8. The van der Waals surface area contributed by atoms with Crippen molar-refractivity contribution >= 4 is 11.7 Å². The van der Waals surface area contributed by atoms with E-state index in [0.717, 1.165) is 23.4 Å². The average molecular weight is 176 g/mol. The Balaban J connectivity index is 2.42. The van der Waals surface area contributed by atoms with Crippen LogP contribution in [0.3, 0.4) is 0 Å². The molecule has 1 amide bonds. The molecule has 1 aliphatic heterocycles. The van der Waals surface area contributed by atoms with Gasteiger partial charge in [-0.25, -0.2) is 4.98 Å². The molecule has 1 unspecified atom stereocenters. The summed E-state index contributed by atoms with van der Waals surface area (Å²) in [5.74, 6) is 0.869. The van der Waals surface area contributed by atoms with Gasteiger partial charge in [0.2, 0.25) is 5.91 Å². The van der Waals surface area contributed by atoms with Gasteiger partial charge >= 0.3 is 0 Å². The van der Waals surface area contributed by atoms with Gasteiger partial charge in [-0.15, -0.1) is 0 Å². The number of anilines is 1. The Morgan fingerprint density at radius 1 is 1.62 bits per heavy atom. The van der Waals surface area contributed by atoms with Gasteiger partial charge in [-0.1, -0.05) is 13.0 Å². The summed E-state index contributed by atoms with van der Waals surface area (Å²) in [5.41, 5.74) is 2.29. The first-order valence-corrected chi connectivity index (χ1v) is 4.43. The minimum absolute atomic E-state index is 0.0658. The quantitative estimate of drug-likeness (QED) is 0.651. The van der Waals surface area contributed by atoms with Crippen LogP contribution in [0.15, 0.2) is 12.3 Å². The molecule has 1 N–H and O–H groups in total. The second-order valence-corrected chi connectivity index (χ2v) is 3.61. The fourth-order valence-electron chi connectivity index (χ4n) is 1.56. The van der Waals surface area contributed by atoms with Gasteiger partial charge in [0.05, 0.1) is 0 Å². The van der Waals surface area contributed by atoms with Crippen LogP contribution >= 0.6 is 0 Å². The molecule has 0 fully saturated rings. The van der Waals surface area contributed by atoms with E-state index in [1.54, 1.807) is 6.20 Å². The Kier molecular flexibility index (Phi) is 1.79. The lowest BCUT2D eigenvalue weighted by molar-refractivity contribution is -0.119. The maximum absolute atomic E-state index is 11.3. The molecule has 1 aliphatic rings. The number of aromatic nitrogens is 1. The predicted octanol–water partition coefficient (Wildman–Crippen LogP) is 1.52. The molecule has 1 atom stereocenters. The third-order valence-electron chi connectivity index (χ3n) is 2.32. The first-order chi connectivity index (χ1) is 6.16. The van der Waals surface area contributed by atoms with E-state index in [-0.39, 0.29) is 11.8 Å². The van der Waals surface area contributed by atoms with Crippen LogP contribution in [0.1, 0.15) is 18.1 Å². The van der Waals surface area contributed by atoms with Crippen molar-refractivity contribution in [1.29, 1.82) is 0 Å². The van der Waals surface area contributed by atoms with Gasteiger partial charge in [-0.3, -0.25) is 4.79 Å². The molecule has 0 radical (unpaired) electrons. The molecule has 0 bridgehead atoms. The van der Waals surface area contributed by atoms with E-state index < -0.39 is 0 Å². The van der Waals surface area contributed by atoms with E-state index in [1.165, 1.54) is 0 Å². The minimum atomic E-state index is 0.0658. The van der Waals surface area contributed by atoms with Gasteiger partial charge in [0, 0.05) is 12.1 Å². The van der Waals surface area contributed by atoms with Crippen LogP contribution in [-0.2, 0) is 11.2 Å². The van der Waals surface area contributed by atoms with E-state index in [2.05, 4.69) is 16.4 Å². The number of carbonyl (C=O) groups is 1. The summed E-state index contributed by atoms with van der Waals surface area (Å²) in [4.78, 5) is 15.5. The Labute approximate surface area is 77.2 Å². The summed E-state index contributed by atoms with van der Waals surface area (Å²) >= 11 is 0. The molecular weight excluding hydrogens is 164 g/mol. The largest absolute Gasteiger partial charge is 0.310 e. The van der Waals surface area contributed by atoms with E-state index in [0.29, 0.717) is 0 Å². The zero-order chi connectivity index (χ0) is 9.42. The van der Waals surface area contributed by atoms with E-state index in [9.17, 15) is 4.79 Å². The smallest absolute Gasteiger partial charge is 0.228 e. The first-order valence-electron chi connectivity index (χ1n) is 4.43.